The van der Waals surface area contributed by atoms with Crippen LogP contribution in [-0.4, -0.2) is 56.5 Å². The molecule has 1 fully saturated rings. The molecule has 3 atom stereocenters. The van der Waals surface area contributed by atoms with Gasteiger partial charge in [0, 0.05) is 29.9 Å². The molecular weight excluding hydrogens is 693 g/mol. The van der Waals surface area contributed by atoms with E-state index in [0.717, 1.165) is 52.8 Å². The van der Waals surface area contributed by atoms with Gasteiger partial charge < -0.3 is 30.2 Å². The van der Waals surface area contributed by atoms with E-state index in [9.17, 15) is 14.4 Å². The number of carbonyl (C=O) groups excluding carboxylic acids is 3. The fourth-order valence-corrected chi connectivity index (χ4v) is 6.87. The van der Waals surface area contributed by atoms with Crippen molar-refractivity contribution in [3.8, 4) is 0 Å². The van der Waals surface area contributed by atoms with Crippen LogP contribution in [0.5, 0.6) is 0 Å². The van der Waals surface area contributed by atoms with Crippen molar-refractivity contribution in [1.82, 2.24) is 10.6 Å². The molecule has 1 saturated heterocycles. The Morgan fingerprint density at radius 3 is 1.82 bits per heavy atom. The number of rotatable bonds is 15. The number of ether oxygens (including phenoxy) is 3. The number of methoxy groups -OCH3 is 1. The third kappa shape index (κ3) is 11.3. The maximum atomic E-state index is 14.1. The van der Waals surface area contributed by atoms with E-state index in [1.54, 1.807) is 0 Å². The second kappa shape index (κ2) is 19.9. The van der Waals surface area contributed by atoms with Gasteiger partial charge in [0.15, 0.2) is 0 Å². The highest BCUT2D eigenvalue weighted by atomic mass is 16.5. The number of amides is 3. The largest absolute Gasteiger partial charge is 0.453 e. The van der Waals surface area contributed by atoms with Crippen LogP contribution < -0.4 is 21.3 Å². The molecule has 1 aliphatic rings. The van der Waals surface area contributed by atoms with Crippen molar-refractivity contribution in [1.29, 1.82) is 0 Å². The average Bonchev–Trinajstić information content (AvgIpc) is 3.23. The number of carbonyl (C=O) groups is 3. The molecule has 10 heteroatoms. The molecule has 0 aromatic heterocycles. The molecule has 0 aliphatic carbocycles. The van der Waals surface area contributed by atoms with Crippen LogP contribution >= 0.6 is 0 Å². The Kier molecular flexibility index (Phi) is 14.0. The third-order valence-corrected chi connectivity index (χ3v) is 9.80. The van der Waals surface area contributed by atoms with Crippen LogP contribution in [-0.2, 0) is 38.5 Å². The highest BCUT2D eigenvalue weighted by molar-refractivity contribution is 5.98. The predicted octanol–water partition coefficient (Wildman–Crippen LogP) is 7.85. The van der Waals surface area contributed by atoms with Gasteiger partial charge in [-0.15, -0.1) is 0 Å². The predicted molar refractivity (Wildman–Crippen MR) is 214 cm³/mol. The van der Waals surface area contributed by atoms with E-state index in [1.165, 1.54) is 7.11 Å². The lowest BCUT2D eigenvalue weighted by Crippen LogP contribution is -2.48. The number of para-hydroxylation sites is 2. The van der Waals surface area contributed by atoms with E-state index < -0.39 is 24.1 Å². The SMILES string of the molecule is COC(=O)N[C@H](C(=O)Nc1ccccc1CC[C@@H]1CN[C@H](CCc2ccccc2NC(=O)OCc2ccccc2)CO1)C(c1ccccc1)c1ccccc1. The minimum atomic E-state index is -0.954. The zero-order valence-corrected chi connectivity index (χ0v) is 31.0. The standard InChI is InChI=1S/C45H48N4O6/c1-53-44(51)49-42(41(35-19-7-3-8-20-35)36-21-9-4-10-22-36)43(50)47-39-23-13-11-18-34(39)26-28-38-29-46-37(31-54-38)27-25-33-17-12-14-24-40(33)48-45(52)55-30-32-15-5-2-6-16-32/h2-24,37-38,41-42,46H,25-31H2,1H3,(H,47,50)(H,48,52)(H,49,51)/t37-,38-,42+/m1/s1. The number of alkyl carbamates (subject to hydrolysis) is 1. The summed E-state index contributed by atoms with van der Waals surface area (Å²) in [6.45, 7) is 1.48. The van der Waals surface area contributed by atoms with Gasteiger partial charge in [-0.1, -0.05) is 127 Å². The summed E-state index contributed by atoms with van der Waals surface area (Å²) >= 11 is 0. The van der Waals surface area contributed by atoms with Crippen molar-refractivity contribution >= 4 is 29.5 Å². The fraction of sp³-hybridized carbons (Fsp3) is 0.267. The van der Waals surface area contributed by atoms with Crippen LogP contribution in [0, 0.1) is 0 Å². The van der Waals surface area contributed by atoms with E-state index in [0.29, 0.717) is 25.3 Å². The fourth-order valence-electron chi connectivity index (χ4n) is 6.87. The van der Waals surface area contributed by atoms with Crippen LogP contribution in [0.25, 0.3) is 0 Å². The minimum absolute atomic E-state index is 0.00243. The monoisotopic (exact) mass is 740 g/mol. The lowest BCUT2D eigenvalue weighted by atomic mass is 9.84. The van der Waals surface area contributed by atoms with Crippen LogP contribution in [0.1, 0.15) is 46.6 Å². The summed E-state index contributed by atoms with van der Waals surface area (Å²) in [6, 6.07) is 43.7. The summed E-state index contributed by atoms with van der Waals surface area (Å²) < 4.78 is 16.7. The molecule has 6 rings (SSSR count). The van der Waals surface area contributed by atoms with E-state index >= 15 is 0 Å². The van der Waals surface area contributed by atoms with Crippen molar-refractivity contribution in [3.63, 3.8) is 0 Å². The lowest BCUT2D eigenvalue weighted by Gasteiger charge is -2.31. The highest BCUT2D eigenvalue weighted by Gasteiger charge is 2.33. The van der Waals surface area contributed by atoms with Gasteiger partial charge in [0.25, 0.3) is 0 Å². The molecular formula is C45H48N4O6. The van der Waals surface area contributed by atoms with Gasteiger partial charge in [0.05, 0.1) is 19.8 Å². The second-order valence-electron chi connectivity index (χ2n) is 13.5. The molecule has 0 radical (unpaired) electrons. The number of morpholine rings is 1. The van der Waals surface area contributed by atoms with Gasteiger partial charge in [-0.05, 0) is 65.6 Å². The van der Waals surface area contributed by atoms with Crippen LogP contribution in [0.2, 0.25) is 0 Å². The van der Waals surface area contributed by atoms with E-state index in [4.69, 9.17) is 14.2 Å². The zero-order valence-electron chi connectivity index (χ0n) is 31.0. The van der Waals surface area contributed by atoms with Crippen molar-refractivity contribution in [2.45, 2.75) is 56.4 Å². The van der Waals surface area contributed by atoms with E-state index in [1.807, 2.05) is 140 Å². The molecule has 10 nitrogen and oxygen atoms in total. The quantitative estimate of drug-likeness (QED) is 0.0861. The second-order valence-corrected chi connectivity index (χ2v) is 13.5. The molecule has 4 N–H and O–H groups in total. The van der Waals surface area contributed by atoms with Gasteiger partial charge in [0.1, 0.15) is 12.6 Å². The lowest BCUT2D eigenvalue weighted by molar-refractivity contribution is -0.118. The van der Waals surface area contributed by atoms with Gasteiger partial charge in [0.2, 0.25) is 5.91 Å². The first-order chi connectivity index (χ1) is 27.0. The van der Waals surface area contributed by atoms with Gasteiger partial charge in [-0.3, -0.25) is 10.1 Å². The molecule has 284 valence electrons. The zero-order chi connectivity index (χ0) is 38.2. The Labute approximate surface area is 322 Å². The summed E-state index contributed by atoms with van der Waals surface area (Å²) in [5, 5.41) is 12.5. The Morgan fingerprint density at radius 2 is 1.24 bits per heavy atom. The van der Waals surface area contributed by atoms with Crippen molar-refractivity contribution in [2.24, 2.45) is 0 Å². The number of hydrogen-bond acceptors (Lipinski definition) is 7. The summed E-state index contributed by atoms with van der Waals surface area (Å²) in [4.78, 5) is 39.2. The molecule has 0 unspecified atom stereocenters. The summed E-state index contributed by atoms with van der Waals surface area (Å²) in [5.74, 6) is -0.815. The summed E-state index contributed by atoms with van der Waals surface area (Å²) in [5.41, 5.74) is 6.13. The molecule has 5 aromatic carbocycles. The Balaban J connectivity index is 1.02. The minimum Gasteiger partial charge on any atom is -0.453 e. The van der Waals surface area contributed by atoms with Crippen LogP contribution in [0.4, 0.5) is 21.0 Å². The van der Waals surface area contributed by atoms with Crippen molar-refractivity contribution in [2.75, 3.05) is 30.9 Å². The molecule has 0 saturated carbocycles. The molecule has 5 aromatic rings. The van der Waals surface area contributed by atoms with Crippen LogP contribution in [0.3, 0.4) is 0 Å². The summed E-state index contributed by atoms with van der Waals surface area (Å²) in [6.07, 6.45) is 1.87. The first-order valence-electron chi connectivity index (χ1n) is 18.7. The Bertz CT molecular complexity index is 1930. The van der Waals surface area contributed by atoms with Crippen LogP contribution in [0.15, 0.2) is 140 Å². The Hall–Kier alpha value is -5.97. The average molecular weight is 741 g/mol. The molecule has 3 amide bonds. The maximum absolute atomic E-state index is 14.1. The van der Waals surface area contributed by atoms with Gasteiger partial charge in [-0.2, -0.15) is 0 Å². The Morgan fingerprint density at radius 1 is 0.691 bits per heavy atom. The highest BCUT2D eigenvalue weighted by Crippen LogP contribution is 2.30. The number of anilines is 2. The molecule has 1 aliphatic heterocycles. The topological polar surface area (TPSA) is 127 Å². The van der Waals surface area contributed by atoms with E-state index in [2.05, 4.69) is 21.3 Å². The van der Waals surface area contributed by atoms with Gasteiger partial charge in [-0.25, -0.2) is 9.59 Å². The van der Waals surface area contributed by atoms with Gasteiger partial charge >= 0.3 is 12.2 Å². The first kappa shape index (κ1) is 38.7. The third-order valence-electron chi connectivity index (χ3n) is 9.80. The smallest absolute Gasteiger partial charge is 0.411 e. The number of hydrogen-bond donors (Lipinski definition) is 4. The summed E-state index contributed by atoms with van der Waals surface area (Å²) in [7, 11) is 1.29. The van der Waals surface area contributed by atoms with Crippen molar-refractivity contribution in [3.05, 3.63) is 167 Å². The maximum Gasteiger partial charge on any atom is 0.411 e. The first-order valence-corrected chi connectivity index (χ1v) is 18.7. The van der Waals surface area contributed by atoms with Crippen molar-refractivity contribution < 1.29 is 28.6 Å². The normalized spacial score (nSPS) is 15.7. The molecule has 0 bridgehead atoms. The number of benzene rings is 5. The molecule has 55 heavy (non-hydrogen) atoms. The molecule has 0 spiro atoms. The van der Waals surface area contributed by atoms with E-state index in [-0.39, 0.29) is 24.7 Å². The number of aryl methyl sites for hydroxylation is 2. The number of nitrogens with one attached hydrogen (secondary N) is 4. The molecule has 1 heterocycles.